The molecule has 24 heavy (non-hydrogen) atoms. The molecule has 0 radical (unpaired) electrons. The van der Waals surface area contributed by atoms with E-state index in [9.17, 15) is 9.59 Å². The Hall–Kier alpha value is -2.70. The normalized spacial score (nSPS) is 14.5. The number of hydrogen-bond donors (Lipinski definition) is 1. The van der Waals surface area contributed by atoms with Crippen LogP contribution < -0.4 is 5.32 Å². The van der Waals surface area contributed by atoms with Gasteiger partial charge < -0.3 is 14.7 Å². The van der Waals surface area contributed by atoms with Crippen molar-refractivity contribution >= 4 is 11.8 Å². The highest BCUT2D eigenvalue weighted by atomic mass is 16.5. The Kier molecular flexibility index (Phi) is 4.59. The van der Waals surface area contributed by atoms with Gasteiger partial charge in [0.25, 0.3) is 5.91 Å². The largest absolute Gasteiger partial charge is 0.343 e. The van der Waals surface area contributed by atoms with Gasteiger partial charge in [0.15, 0.2) is 5.82 Å². The van der Waals surface area contributed by atoms with Crippen molar-refractivity contribution in [2.24, 2.45) is 0 Å². The molecular formula is C17H20N4O3. The number of hydrogen-bond acceptors (Lipinski definition) is 5. The van der Waals surface area contributed by atoms with Gasteiger partial charge in [0, 0.05) is 24.6 Å². The summed E-state index contributed by atoms with van der Waals surface area (Å²) in [5.74, 6) is 1.20. The van der Waals surface area contributed by atoms with Crippen LogP contribution in [0.5, 0.6) is 0 Å². The first-order chi connectivity index (χ1) is 11.5. The fourth-order valence-electron chi connectivity index (χ4n) is 2.45. The Morgan fingerprint density at radius 2 is 2.00 bits per heavy atom. The molecule has 1 N–H and O–H groups in total. The van der Waals surface area contributed by atoms with Crippen molar-refractivity contribution in [2.45, 2.75) is 25.7 Å². The van der Waals surface area contributed by atoms with Crippen molar-refractivity contribution in [1.29, 1.82) is 0 Å². The fourth-order valence-corrected chi connectivity index (χ4v) is 2.45. The van der Waals surface area contributed by atoms with Crippen molar-refractivity contribution in [3.8, 4) is 0 Å². The molecule has 1 aromatic heterocycles. The molecule has 3 rings (SSSR count). The fraction of sp³-hybridized carbons (Fsp3) is 0.412. The molecule has 0 atom stereocenters. The maximum Gasteiger partial charge on any atom is 0.251 e. The zero-order chi connectivity index (χ0) is 17.1. The van der Waals surface area contributed by atoms with E-state index in [-0.39, 0.29) is 30.2 Å². The van der Waals surface area contributed by atoms with Crippen LogP contribution in [0, 0.1) is 0 Å². The Bertz CT molecular complexity index is 720. The summed E-state index contributed by atoms with van der Waals surface area (Å²) >= 11 is 0. The number of nitrogens with one attached hydrogen (secondary N) is 1. The van der Waals surface area contributed by atoms with Gasteiger partial charge in [0.1, 0.15) is 0 Å². The molecular weight excluding hydrogens is 308 g/mol. The average molecular weight is 328 g/mol. The average Bonchev–Trinajstić information content (AvgIpc) is 3.02. The van der Waals surface area contributed by atoms with E-state index in [4.69, 9.17) is 4.52 Å². The maximum atomic E-state index is 12.1. The van der Waals surface area contributed by atoms with Crippen LogP contribution in [0.2, 0.25) is 0 Å². The number of aromatic nitrogens is 2. The van der Waals surface area contributed by atoms with Crippen LogP contribution >= 0.6 is 0 Å². The topological polar surface area (TPSA) is 88.3 Å². The third-order valence-electron chi connectivity index (χ3n) is 3.99. The second-order valence-corrected chi connectivity index (χ2v) is 6.19. The van der Waals surface area contributed by atoms with E-state index in [0.29, 0.717) is 30.4 Å². The Labute approximate surface area is 140 Å². The molecule has 0 unspecified atom stereocenters. The van der Waals surface area contributed by atoms with Crippen molar-refractivity contribution in [3.05, 3.63) is 47.6 Å². The molecule has 0 bridgehead atoms. The van der Waals surface area contributed by atoms with Crippen LogP contribution in [0.3, 0.4) is 0 Å². The smallest absolute Gasteiger partial charge is 0.251 e. The predicted molar refractivity (Wildman–Crippen MR) is 86.5 cm³/mol. The van der Waals surface area contributed by atoms with E-state index in [0.717, 1.165) is 0 Å². The number of carbonyl (C=O) groups is 2. The highest BCUT2D eigenvalue weighted by Crippen LogP contribution is 2.26. The minimum atomic E-state index is -0.250. The minimum absolute atomic E-state index is 0.0124. The molecule has 1 saturated heterocycles. The summed E-state index contributed by atoms with van der Waals surface area (Å²) in [4.78, 5) is 30.0. The van der Waals surface area contributed by atoms with E-state index in [1.54, 1.807) is 29.2 Å². The van der Waals surface area contributed by atoms with Crippen molar-refractivity contribution in [2.75, 3.05) is 19.6 Å². The highest BCUT2D eigenvalue weighted by molar-refractivity contribution is 5.96. The van der Waals surface area contributed by atoms with E-state index in [2.05, 4.69) is 15.5 Å². The zero-order valence-corrected chi connectivity index (χ0v) is 13.7. The first-order valence-corrected chi connectivity index (χ1v) is 7.99. The lowest BCUT2D eigenvalue weighted by Crippen LogP contribution is -2.51. The Morgan fingerprint density at radius 1 is 1.29 bits per heavy atom. The Morgan fingerprint density at radius 3 is 2.62 bits per heavy atom. The standard InChI is InChI=1S/C17H20N4O3/c1-11(2)15-19-17(24-20-15)13-9-21(10-13)14(22)8-18-16(23)12-6-4-3-5-7-12/h3-7,11,13H,8-10H2,1-2H3,(H,18,23). The number of amides is 2. The molecule has 1 aromatic carbocycles. The second kappa shape index (κ2) is 6.82. The molecule has 1 aliphatic rings. The van der Waals surface area contributed by atoms with Gasteiger partial charge in [-0.25, -0.2) is 0 Å². The van der Waals surface area contributed by atoms with Crippen LogP contribution in [0.25, 0.3) is 0 Å². The monoisotopic (exact) mass is 328 g/mol. The summed E-state index contributed by atoms with van der Waals surface area (Å²) in [5, 5.41) is 6.57. The molecule has 1 fully saturated rings. The van der Waals surface area contributed by atoms with Gasteiger partial charge in [-0.15, -0.1) is 0 Å². The summed E-state index contributed by atoms with van der Waals surface area (Å²) in [6.07, 6.45) is 0. The quantitative estimate of drug-likeness (QED) is 0.899. The van der Waals surface area contributed by atoms with Crippen LogP contribution in [-0.4, -0.2) is 46.5 Å². The Balaban J connectivity index is 1.45. The predicted octanol–water partition coefficient (Wildman–Crippen LogP) is 1.55. The lowest BCUT2D eigenvalue weighted by molar-refractivity contribution is -0.134. The van der Waals surface area contributed by atoms with Gasteiger partial charge in [0.2, 0.25) is 11.8 Å². The number of nitrogens with zero attached hydrogens (tertiary/aromatic N) is 3. The van der Waals surface area contributed by atoms with E-state index < -0.39 is 0 Å². The molecule has 2 aromatic rings. The summed E-state index contributed by atoms with van der Waals surface area (Å²) in [6, 6.07) is 8.83. The zero-order valence-electron chi connectivity index (χ0n) is 13.7. The second-order valence-electron chi connectivity index (χ2n) is 6.19. The van der Waals surface area contributed by atoms with Gasteiger partial charge >= 0.3 is 0 Å². The molecule has 0 spiro atoms. The van der Waals surface area contributed by atoms with Gasteiger partial charge in [-0.2, -0.15) is 4.98 Å². The van der Waals surface area contributed by atoms with Crippen LogP contribution in [0.1, 0.15) is 47.8 Å². The van der Waals surface area contributed by atoms with E-state index >= 15 is 0 Å². The first kappa shape index (κ1) is 16.2. The summed E-state index contributed by atoms with van der Waals surface area (Å²) in [7, 11) is 0. The first-order valence-electron chi connectivity index (χ1n) is 7.99. The molecule has 2 amide bonds. The van der Waals surface area contributed by atoms with Gasteiger partial charge in [-0.3, -0.25) is 9.59 Å². The van der Waals surface area contributed by atoms with E-state index in [1.165, 1.54) is 0 Å². The van der Waals surface area contributed by atoms with Crippen molar-refractivity contribution in [1.82, 2.24) is 20.4 Å². The van der Waals surface area contributed by atoms with Gasteiger partial charge in [0.05, 0.1) is 12.5 Å². The molecule has 126 valence electrons. The molecule has 7 nitrogen and oxygen atoms in total. The third kappa shape index (κ3) is 3.45. The van der Waals surface area contributed by atoms with E-state index in [1.807, 2.05) is 19.9 Å². The number of rotatable bonds is 5. The minimum Gasteiger partial charge on any atom is -0.343 e. The lowest BCUT2D eigenvalue weighted by Gasteiger charge is -2.37. The molecule has 7 heteroatoms. The number of likely N-dealkylation sites (tertiary alicyclic amines) is 1. The summed E-state index contributed by atoms with van der Waals surface area (Å²) in [6.45, 7) is 5.07. The molecule has 1 aliphatic heterocycles. The SMILES string of the molecule is CC(C)c1noc(C2CN(C(=O)CNC(=O)c3ccccc3)C2)n1. The molecule has 0 aliphatic carbocycles. The lowest BCUT2D eigenvalue weighted by atomic mass is 10.00. The maximum absolute atomic E-state index is 12.1. The number of carbonyl (C=O) groups excluding carboxylic acids is 2. The van der Waals surface area contributed by atoms with Crippen LogP contribution in [-0.2, 0) is 4.79 Å². The molecule has 0 saturated carbocycles. The number of benzene rings is 1. The van der Waals surface area contributed by atoms with Gasteiger partial charge in [-0.1, -0.05) is 37.2 Å². The molecule has 2 heterocycles. The van der Waals surface area contributed by atoms with Crippen LogP contribution in [0.15, 0.2) is 34.9 Å². The third-order valence-corrected chi connectivity index (χ3v) is 3.99. The van der Waals surface area contributed by atoms with Crippen LogP contribution in [0.4, 0.5) is 0 Å². The summed E-state index contributed by atoms with van der Waals surface area (Å²) in [5.41, 5.74) is 0.541. The summed E-state index contributed by atoms with van der Waals surface area (Å²) < 4.78 is 5.25. The highest BCUT2D eigenvalue weighted by Gasteiger charge is 2.35. The van der Waals surface area contributed by atoms with Gasteiger partial charge in [-0.05, 0) is 12.1 Å². The van der Waals surface area contributed by atoms with Crippen molar-refractivity contribution in [3.63, 3.8) is 0 Å². The van der Waals surface area contributed by atoms with Crippen molar-refractivity contribution < 1.29 is 14.1 Å².